The topological polar surface area (TPSA) is 99.8 Å². The van der Waals surface area contributed by atoms with Crippen LogP contribution in [0.1, 0.15) is 5.69 Å². The number of aromatic nitrogens is 6. The van der Waals surface area contributed by atoms with E-state index in [-0.39, 0.29) is 12.5 Å². The van der Waals surface area contributed by atoms with Crippen LogP contribution in [0.4, 0.5) is 5.82 Å². The molecule has 0 bridgehead atoms. The van der Waals surface area contributed by atoms with Gasteiger partial charge in [-0.2, -0.15) is 14.9 Å². The number of carbonyl (C=O) groups is 1. The van der Waals surface area contributed by atoms with Crippen LogP contribution in [0, 0.1) is 6.92 Å². The molecule has 0 saturated heterocycles. The van der Waals surface area contributed by atoms with Gasteiger partial charge >= 0.3 is 0 Å². The van der Waals surface area contributed by atoms with Gasteiger partial charge in [-0.1, -0.05) is 6.07 Å². The Morgan fingerprint density at radius 2 is 2.03 bits per heavy atom. The van der Waals surface area contributed by atoms with E-state index in [2.05, 4.69) is 25.5 Å². The average molecular weight is 389 g/mol. The quantitative estimate of drug-likeness (QED) is 0.544. The SMILES string of the molecule is COc1ccc(-c2cnn(CC(=O)Nc3cc(C)nn3-c3ccccn3)c2)cn1. The first-order valence-corrected chi connectivity index (χ1v) is 8.93. The van der Waals surface area contributed by atoms with E-state index in [0.717, 1.165) is 16.8 Å². The molecule has 0 radical (unpaired) electrons. The number of amides is 1. The lowest BCUT2D eigenvalue weighted by Crippen LogP contribution is -2.21. The molecule has 4 heterocycles. The third-order valence-corrected chi connectivity index (χ3v) is 4.18. The van der Waals surface area contributed by atoms with Crippen molar-refractivity contribution >= 4 is 11.7 Å². The van der Waals surface area contributed by atoms with Crippen LogP contribution in [-0.4, -0.2) is 42.5 Å². The molecule has 146 valence electrons. The van der Waals surface area contributed by atoms with Gasteiger partial charge in [0.2, 0.25) is 11.8 Å². The lowest BCUT2D eigenvalue weighted by molar-refractivity contribution is -0.116. The van der Waals surface area contributed by atoms with Crippen LogP contribution in [-0.2, 0) is 11.3 Å². The summed E-state index contributed by atoms with van der Waals surface area (Å²) in [5, 5.41) is 11.5. The Morgan fingerprint density at radius 1 is 1.14 bits per heavy atom. The van der Waals surface area contributed by atoms with Gasteiger partial charge in [-0.05, 0) is 25.1 Å². The van der Waals surface area contributed by atoms with E-state index >= 15 is 0 Å². The first kappa shape index (κ1) is 18.4. The van der Waals surface area contributed by atoms with Crippen molar-refractivity contribution in [3.8, 4) is 22.8 Å². The molecule has 0 atom stereocenters. The second-order valence-corrected chi connectivity index (χ2v) is 6.33. The van der Waals surface area contributed by atoms with Gasteiger partial charge in [-0.3, -0.25) is 9.48 Å². The summed E-state index contributed by atoms with van der Waals surface area (Å²) in [4.78, 5) is 21.0. The van der Waals surface area contributed by atoms with Crippen LogP contribution in [0.5, 0.6) is 5.88 Å². The van der Waals surface area contributed by atoms with Gasteiger partial charge in [0.25, 0.3) is 0 Å². The standard InChI is InChI=1S/C20H19N7O2/c1-14-9-18(27(25-14)17-5-3-4-8-21-17)24-19(28)13-26-12-16(11-23-26)15-6-7-20(29-2)22-10-15/h3-12H,13H2,1-2H3,(H,24,28). The van der Waals surface area contributed by atoms with Gasteiger partial charge in [0.15, 0.2) is 5.82 Å². The molecule has 0 aromatic carbocycles. The number of carbonyl (C=O) groups excluding carboxylic acids is 1. The summed E-state index contributed by atoms with van der Waals surface area (Å²) in [6, 6.07) is 11.0. The van der Waals surface area contributed by atoms with E-state index in [0.29, 0.717) is 17.5 Å². The minimum Gasteiger partial charge on any atom is -0.481 e. The van der Waals surface area contributed by atoms with Gasteiger partial charge in [-0.25, -0.2) is 9.97 Å². The highest BCUT2D eigenvalue weighted by atomic mass is 16.5. The zero-order valence-electron chi connectivity index (χ0n) is 16.0. The van der Waals surface area contributed by atoms with Crippen LogP contribution in [0.3, 0.4) is 0 Å². The van der Waals surface area contributed by atoms with Crippen LogP contribution in [0.2, 0.25) is 0 Å². The van der Waals surface area contributed by atoms with Crippen molar-refractivity contribution in [2.75, 3.05) is 12.4 Å². The number of aryl methyl sites for hydroxylation is 1. The van der Waals surface area contributed by atoms with E-state index in [1.54, 1.807) is 53.4 Å². The number of hydrogen-bond acceptors (Lipinski definition) is 6. The summed E-state index contributed by atoms with van der Waals surface area (Å²) in [6.07, 6.45) is 6.87. The molecule has 0 saturated carbocycles. The number of anilines is 1. The summed E-state index contributed by atoms with van der Waals surface area (Å²) < 4.78 is 8.24. The van der Waals surface area contributed by atoms with Crippen LogP contribution in [0.25, 0.3) is 16.9 Å². The van der Waals surface area contributed by atoms with Gasteiger partial charge in [0.05, 0.1) is 19.0 Å². The second-order valence-electron chi connectivity index (χ2n) is 6.33. The molecule has 0 aliphatic heterocycles. The normalized spacial score (nSPS) is 10.7. The maximum atomic E-state index is 12.5. The molecule has 0 aliphatic rings. The van der Waals surface area contributed by atoms with E-state index < -0.39 is 0 Å². The minimum absolute atomic E-state index is 0.0655. The number of rotatable bonds is 6. The Morgan fingerprint density at radius 3 is 2.76 bits per heavy atom. The van der Waals surface area contributed by atoms with Gasteiger partial charge in [0, 0.05) is 41.9 Å². The third kappa shape index (κ3) is 4.13. The zero-order valence-corrected chi connectivity index (χ0v) is 16.0. The van der Waals surface area contributed by atoms with Crippen LogP contribution in [0.15, 0.2) is 61.2 Å². The third-order valence-electron chi connectivity index (χ3n) is 4.18. The predicted octanol–water partition coefficient (Wildman–Crippen LogP) is 2.48. The summed E-state index contributed by atoms with van der Waals surface area (Å²) in [5.74, 6) is 1.51. The fourth-order valence-corrected chi connectivity index (χ4v) is 2.84. The van der Waals surface area contributed by atoms with Crippen molar-refractivity contribution in [3.63, 3.8) is 0 Å². The van der Waals surface area contributed by atoms with Crippen molar-refractivity contribution in [1.29, 1.82) is 0 Å². The molecule has 9 heteroatoms. The Balaban J connectivity index is 1.46. The lowest BCUT2D eigenvalue weighted by atomic mass is 10.2. The predicted molar refractivity (Wildman–Crippen MR) is 107 cm³/mol. The van der Waals surface area contributed by atoms with Crippen molar-refractivity contribution in [2.24, 2.45) is 0 Å². The Hall–Kier alpha value is -4.01. The van der Waals surface area contributed by atoms with Crippen LogP contribution >= 0.6 is 0 Å². The van der Waals surface area contributed by atoms with E-state index in [4.69, 9.17) is 4.74 Å². The molecule has 1 N–H and O–H groups in total. The molecule has 0 spiro atoms. The number of methoxy groups -OCH3 is 1. The van der Waals surface area contributed by atoms with E-state index in [1.165, 1.54) is 0 Å². The maximum absolute atomic E-state index is 12.5. The van der Waals surface area contributed by atoms with Crippen molar-refractivity contribution in [1.82, 2.24) is 29.5 Å². The summed E-state index contributed by atoms with van der Waals surface area (Å²) in [6.45, 7) is 1.92. The summed E-state index contributed by atoms with van der Waals surface area (Å²) in [7, 11) is 1.57. The molecule has 4 rings (SSSR count). The lowest BCUT2D eigenvalue weighted by Gasteiger charge is -2.08. The van der Waals surface area contributed by atoms with E-state index in [1.807, 2.05) is 31.2 Å². The number of pyridine rings is 2. The second kappa shape index (κ2) is 7.93. The van der Waals surface area contributed by atoms with Gasteiger partial charge in [0.1, 0.15) is 12.4 Å². The Labute approximate surface area is 167 Å². The minimum atomic E-state index is -0.218. The van der Waals surface area contributed by atoms with Gasteiger partial charge in [-0.15, -0.1) is 0 Å². The number of ether oxygens (including phenoxy) is 1. The molecule has 4 aromatic heterocycles. The number of hydrogen-bond donors (Lipinski definition) is 1. The molecule has 0 aliphatic carbocycles. The van der Waals surface area contributed by atoms with Crippen molar-refractivity contribution in [2.45, 2.75) is 13.5 Å². The molecular weight excluding hydrogens is 370 g/mol. The molecular formula is C20H19N7O2. The molecule has 0 unspecified atom stereocenters. The summed E-state index contributed by atoms with van der Waals surface area (Å²) >= 11 is 0. The molecule has 9 nitrogen and oxygen atoms in total. The highest BCUT2D eigenvalue weighted by Crippen LogP contribution is 2.20. The Kier molecular flexibility index (Phi) is 5.02. The molecule has 4 aromatic rings. The fourth-order valence-electron chi connectivity index (χ4n) is 2.84. The fraction of sp³-hybridized carbons (Fsp3) is 0.150. The van der Waals surface area contributed by atoms with E-state index in [9.17, 15) is 4.79 Å². The highest BCUT2D eigenvalue weighted by molar-refractivity contribution is 5.90. The first-order valence-electron chi connectivity index (χ1n) is 8.93. The van der Waals surface area contributed by atoms with Gasteiger partial charge < -0.3 is 10.1 Å². The highest BCUT2D eigenvalue weighted by Gasteiger charge is 2.13. The average Bonchev–Trinajstić information content (AvgIpc) is 3.35. The molecule has 29 heavy (non-hydrogen) atoms. The molecule has 1 amide bonds. The zero-order chi connectivity index (χ0) is 20.2. The Bertz CT molecular complexity index is 1120. The van der Waals surface area contributed by atoms with Crippen LogP contribution < -0.4 is 10.1 Å². The maximum Gasteiger partial charge on any atom is 0.247 e. The number of nitrogens with one attached hydrogen (secondary N) is 1. The monoisotopic (exact) mass is 389 g/mol. The molecule has 0 fully saturated rings. The largest absolute Gasteiger partial charge is 0.481 e. The smallest absolute Gasteiger partial charge is 0.247 e. The van der Waals surface area contributed by atoms with Crippen molar-refractivity contribution < 1.29 is 9.53 Å². The first-order chi connectivity index (χ1) is 14.1. The van der Waals surface area contributed by atoms with Crippen molar-refractivity contribution in [3.05, 3.63) is 66.9 Å². The number of nitrogens with zero attached hydrogens (tertiary/aromatic N) is 6. The summed E-state index contributed by atoms with van der Waals surface area (Å²) in [5.41, 5.74) is 2.53.